The van der Waals surface area contributed by atoms with Crippen LogP contribution >= 0.6 is 0 Å². The quantitative estimate of drug-likeness (QED) is 0.249. The largest absolute Gasteiger partial charge is 0.497 e. The number of amides is 1. The van der Waals surface area contributed by atoms with Crippen LogP contribution < -0.4 is 15.4 Å². The Morgan fingerprint density at radius 3 is 2.58 bits per heavy atom. The molecule has 33 heavy (non-hydrogen) atoms. The minimum atomic E-state index is -1.02. The van der Waals surface area contributed by atoms with E-state index in [0.29, 0.717) is 23.6 Å². The highest BCUT2D eigenvalue weighted by Gasteiger charge is 2.15. The molecule has 170 valence electrons. The molecule has 0 saturated carbocycles. The van der Waals surface area contributed by atoms with Crippen LogP contribution in [0.15, 0.2) is 66.7 Å². The number of nitrogens with one attached hydrogen (secondary N) is 2. The summed E-state index contributed by atoms with van der Waals surface area (Å²) in [6.45, 7) is 4.28. The molecule has 3 N–H and O–H groups in total. The lowest BCUT2D eigenvalue weighted by molar-refractivity contribution is 0.147. The summed E-state index contributed by atoms with van der Waals surface area (Å²) in [5, 5.41) is 18.7. The van der Waals surface area contributed by atoms with Crippen molar-refractivity contribution >= 4 is 39.3 Å². The maximum Gasteiger partial charge on any atom is 0.411 e. The Morgan fingerprint density at radius 1 is 1.00 bits per heavy atom. The molecule has 0 radical (unpaired) electrons. The highest BCUT2D eigenvalue weighted by Crippen LogP contribution is 2.34. The lowest BCUT2D eigenvalue weighted by atomic mass is 10.1. The molecule has 1 atom stereocenters. The number of carbonyl (C=O) groups is 1. The number of hydrogen-bond donors (Lipinski definition) is 3. The van der Waals surface area contributed by atoms with E-state index in [0.717, 1.165) is 27.5 Å². The number of carbonyl (C=O) groups excluding carboxylic acids is 1. The van der Waals surface area contributed by atoms with Gasteiger partial charge in [0.1, 0.15) is 5.75 Å². The van der Waals surface area contributed by atoms with Gasteiger partial charge >= 0.3 is 6.09 Å². The van der Waals surface area contributed by atoms with Gasteiger partial charge in [0.05, 0.1) is 30.4 Å². The van der Waals surface area contributed by atoms with E-state index in [1.165, 1.54) is 0 Å². The molecule has 1 heterocycles. The summed E-state index contributed by atoms with van der Waals surface area (Å²) in [5.74, 6) is 0.956. The monoisotopic (exact) mass is 445 g/mol. The van der Waals surface area contributed by atoms with Crippen LogP contribution in [0.4, 0.5) is 16.2 Å². The van der Waals surface area contributed by atoms with E-state index in [1.54, 1.807) is 31.4 Å². The van der Waals surface area contributed by atoms with Gasteiger partial charge in [-0.3, -0.25) is 5.32 Å². The average molecular weight is 446 g/mol. The lowest BCUT2D eigenvalue weighted by Gasteiger charge is -2.19. The summed E-state index contributed by atoms with van der Waals surface area (Å²) in [6, 6.07) is 20.4. The Bertz CT molecular complexity index is 1290. The van der Waals surface area contributed by atoms with Gasteiger partial charge in [0.15, 0.2) is 6.23 Å². The Kier molecular flexibility index (Phi) is 6.60. The van der Waals surface area contributed by atoms with Crippen LogP contribution in [0.1, 0.15) is 25.6 Å². The number of methoxy groups -OCH3 is 1. The molecule has 0 aliphatic rings. The maximum absolute atomic E-state index is 12.0. The average Bonchev–Trinajstić information content (AvgIpc) is 2.82. The van der Waals surface area contributed by atoms with E-state index in [9.17, 15) is 9.90 Å². The van der Waals surface area contributed by atoms with Gasteiger partial charge in [-0.15, -0.1) is 0 Å². The predicted molar refractivity (Wildman–Crippen MR) is 131 cm³/mol. The van der Waals surface area contributed by atoms with Crippen LogP contribution in [0.3, 0.4) is 0 Å². The number of benzene rings is 3. The number of para-hydroxylation sites is 1. The number of fused-ring (bicyclic) bond motifs is 2. The predicted octanol–water partition coefficient (Wildman–Crippen LogP) is 5.70. The van der Waals surface area contributed by atoms with Gasteiger partial charge < -0.3 is 19.9 Å². The molecule has 1 amide bonds. The van der Waals surface area contributed by atoms with Crippen molar-refractivity contribution in [3.63, 3.8) is 0 Å². The zero-order chi connectivity index (χ0) is 23.4. The van der Waals surface area contributed by atoms with Crippen molar-refractivity contribution in [2.75, 3.05) is 24.4 Å². The van der Waals surface area contributed by atoms with Crippen LogP contribution in [-0.4, -0.2) is 29.9 Å². The summed E-state index contributed by atoms with van der Waals surface area (Å²) < 4.78 is 10.5. The van der Waals surface area contributed by atoms with Crippen molar-refractivity contribution in [2.24, 2.45) is 5.92 Å². The molecule has 7 heteroatoms. The first kappa shape index (κ1) is 22.4. The van der Waals surface area contributed by atoms with Crippen molar-refractivity contribution in [3.8, 4) is 5.75 Å². The molecule has 1 aromatic heterocycles. The summed E-state index contributed by atoms with van der Waals surface area (Å²) in [7, 11) is 1.62. The van der Waals surface area contributed by atoms with E-state index >= 15 is 0 Å². The molecule has 4 rings (SSSR count). The molecular weight excluding hydrogens is 418 g/mol. The number of anilines is 2. The molecule has 0 aliphatic heterocycles. The van der Waals surface area contributed by atoms with E-state index < -0.39 is 12.3 Å². The Hall–Kier alpha value is -3.84. The van der Waals surface area contributed by atoms with Gasteiger partial charge in [-0.1, -0.05) is 44.2 Å². The van der Waals surface area contributed by atoms with Gasteiger partial charge in [-0.25, -0.2) is 9.78 Å². The van der Waals surface area contributed by atoms with Gasteiger partial charge in [-0.2, -0.15) is 0 Å². The first-order valence-electron chi connectivity index (χ1n) is 10.8. The second kappa shape index (κ2) is 9.75. The molecular formula is C26H27N3O4. The fraction of sp³-hybridized carbons (Fsp3) is 0.231. The Morgan fingerprint density at radius 2 is 1.79 bits per heavy atom. The van der Waals surface area contributed by atoms with Gasteiger partial charge in [-0.05, 0) is 36.2 Å². The fourth-order valence-electron chi connectivity index (χ4n) is 3.56. The number of nitrogens with zero attached hydrogens (tertiary/aromatic N) is 1. The minimum absolute atomic E-state index is 0.248. The molecule has 0 fully saturated rings. The number of hydrogen-bond acceptors (Lipinski definition) is 6. The van der Waals surface area contributed by atoms with Gasteiger partial charge in [0.2, 0.25) is 0 Å². The Labute approximate surface area is 192 Å². The standard InChI is InChI=1S/C26H27N3O4/c1-16(2)15-33-26(31)27-18-8-6-7-17(13-18)25(30)29-24-20-9-4-5-10-22(20)28-23-14-19(32-3)11-12-21(23)24/h4-14,16,25,30H,15H2,1-3H3,(H,27,31)(H,28,29). The van der Waals surface area contributed by atoms with Crippen LogP contribution in [0, 0.1) is 5.92 Å². The zero-order valence-electron chi connectivity index (χ0n) is 18.8. The Balaban J connectivity index is 1.63. The van der Waals surface area contributed by atoms with Crippen molar-refractivity contribution in [3.05, 3.63) is 72.3 Å². The molecule has 0 spiro atoms. The number of aliphatic hydroxyl groups excluding tert-OH is 1. The van der Waals surface area contributed by atoms with E-state index in [2.05, 4.69) is 10.6 Å². The molecule has 4 aromatic rings. The van der Waals surface area contributed by atoms with Crippen molar-refractivity contribution in [1.82, 2.24) is 4.98 Å². The molecule has 0 saturated heterocycles. The SMILES string of the molecule is COc1ccc2c(NC(O)c3cccc(NC(=O)OCC(C)C)c3)c3ccccc3nc2c1. The number of rotatable bonds is 7. The molecule has 3 aromatic carbocycles. The zero-order valence-corrected chi connectivity index (χ0v) is 18.8. The summed E-state index contributed by atoms with van der Waals surface area (Å²) >= 11 is 0. The molecule has 1 unspecified atom stereocenters. The van der Waals surface area contributed by atoms with Crippen molar-refractivity contribution in [1.29, 1.82) is 0 Å². The smallest absolute Gasteiger partial charge is 0.411 e. The van der Waals surface area contributed by atoms with Crippen molar-refractivity contribution < 1.29 is 19.4 Å². The highest BCUT2D eigenvalue weighted by atomic mass is 16.5. The minimum Gasteiger partial charge on any atom is -0.497 e. The molecule has 7 nitrogen and oxygen atoms in total. The number of aromatic nitrogens is 1. The first-order valence-corrected chi connectivity index (χ1v) is 10.8. The van der Waals surface area contributed by atoms with Gasteiger partial charge in [0.25, 0.3) is 0 Å². The van der Waals surface area contributed by atoms with E-state index in [1.807, 2.05) is 56.3 Å². The lowest BCUT2D eigenvalue weighted by Crippen LogP contribution is -2.17. The normalized spacial score (nSPS) is 12.0. The molecule has 0 bridgehead atoms. The number of pyridine rings is 1. The van der Waals surface area contributed by atoms with Crippen LogP contribution in [0.2, 0.25) is 0 Å². The van der Waals surface area contributed by atoms with E-state index in [-0.39, 0.29) is 5.92 Å². The molecule has 0 aliphatic carbocycles. The maximum atomic E-state index is 12.0. The number of ether oxygens (including phenoxy) is 2. The summed E-state index contributed by atoms with van der Waals surface area (Å²) in [4.78, 5) is 16.7. The van der Waals surface area contributed by atoms with Crippen LogP contribution in [0.25, 0.3) is 21.8 Å². The van der Waals surface area contributed by atoms with Crippen LogP contribution in [0.5, 0.6) is 5.75 Å². The second-order valence-electron chi connectivity index (χ2n) is 8.18. The number of aliphatic hydroxyl groups is 1. The summed E-state index contributed by atoms with van der Waals surface area (Å²) in [5.41, 5.74) is 3.46. The second-order valence-corrected chi connectivity index (χ2v) is 8.18. The topological polar surface area (TPSA) is 92.7 Å². The fourth-order valence-corrected chi connectivity index (χ4v) is 3.56. The van der Waals surface area contributed by atoms with E-state index in [4.69, 9.17) is 14.5 Å². The van der Waals surface area contributed by atoms with Crippen molar-refractivity contribution in [2.45, 2.75) is 20.1 Å². The van der Waals surface area contributed by atoms with Crippen LogP contribution in [-0.2, 0) is 4.74 Å². The summed E-state index contributed by atoms with van der Waals surface area (Å²) in [6.07, 6.45) is -1.54. The third kappa shape index (κ3) is 5.15. The third-order valence-corrected chi connectivity index (χ3v) is 5.17. The highest BCUT2D eigenvalue weighted by molar-refractivity contribution is 6.07. The third-order valence-electron chi connectivity index (χ3n) is 5.17. The van der Waals surface area contributed by atoms with Gasteiger partial charge in [0, 0.05) is 28.1 Å². The first-order chi connectivity index (χ1) is 15.9.